The normalized spacial score (nSPS) is 10.1. The fourth-order valence-electron chi connectivity index (χ4n) is 1.67. The molecule has 0 atom stereocenters. The van der Waals surface area contributed by atoms with E-state index in [9.17, 15) is 0 Å². The summed E-state index contributed by atoms with van der Waals surface area (Å²) in [5.41, 5.74) is 4.38. The molecule has 0 aliphatic rings. The molecular formula is C12H22Si2. The Bertz CT molecular complexity index is 176. The van der Waals surface area contributed by atoms with Crippen LogP contribution in [-0.4, -0.2) is 16.6 Å². The summed E-state index contributed by atoms with van der Waals surface area (Å²) in [6, 6.07) is 2.73. The van der Waals surface area contributed by atoms with Gasteiger partial charge < -0.3 is 0 Å². The fraction of sp³-hybridized carbons (Fsp3) is 0.333. The molecule has 0 aromatic heterocycles. The predicted octanol–water partition coefficient (Wildman–Crippen LogP) is 3.12. The molecule has 0 unspecified atom stereocenters. The van der Waals surface area contributed by atoms with Crippen LogP contribution in [-0.2, 0) is 0 Å². The van der Waals surface area contributed by atoms with Crippen molar-refractivity contribution in [3.05, 3.63) is 49.9 Å². The zero-order chi connectivity index (χ0) is 10.8. The third-order valence-corrected chi connectivity index (χ3v) is 13.8. The van der Waals surface area contributed by atoms with E-state index in [1.807, 2.05) is 12.2 Å². The molecule has 0 radical (unpaired) electrons. The second-order valence-electron chi connectivity index (χ2n) is 3.54. The van der Waals surface area contributed by atoms with Gasteiger partial charge in [-0.25, -0.2) is 0 Å². The van der Waals surface area contributed by atoms with Crippen LogP contribution in [0.15, 0.2) is 49.9 Å². The molecule has 0 aliphatic heterocycles. The van der Waals surface area contributed by atoms with Gasteiger partial charge in [-0.3, -0.25) is 0 Å². The molecule has 78 valence electrons. The van der Waals surface area contributed by atoms with Crippen LogP contribution in [0.4, 0.5) is 0 Å². The molecule has 0 aliphatic carbocycles. The molecule has 0 saturated heterocycles. The van der Waals surface area contributed by atoms with E-state index in [0.717, 1.165) is 0 Å². The maximum atomic E-state index is 3.94. The lowest BCUT2D eigenvalue weighted by atomic mass is 10.5. The quantitative estimate of drug-likeness (QED) is 0.415. The monoisotopic (exact) mass is 222 g/mol. The van der Waals surface area contributed by atoms with Crippen LogP contribution >= 0.6 is 0 Å². The molecule has 0 heterocycles. The van der Waals surface area contributed by atoms with Gasteiger partial charge >= 0.3 is 0 Å². The van der Waals surface area contributed by atoms with Crippen molar-refractivity contribution in [2.75, 3.05) is 0 Å². The molecule has 14 heavy (non-hydrogen) atoms. The number of allylic oxidation sites excluding steroid dienone is 2. The summed E-state index contributed by atoms with van der Waals surface area (Å²) >= 11 is 0. The molecule has 0 nitrogen and oxygen atoms in total. The van der Waals surface area contributed by atoms with Crippen molar-refractivity contribution in [2.45, 2.75) is 24.9 Å². The Hall–Kier alpha value is -0.606. The van der Waals surface area contributed by atoms with Gasteiger partial charge in [0.05, 0.1) is 8.31 Å². The van der Waals surface area contributed by atoms with Crippen molar-refractivity contribution < 1.29 is 0 Å². The zero-order valence-electron chi connectivity index (χ0n) is 9.12. The lowest BCUT2D eigenvalue weighted by Crippen LogP contribution is -2.31. The molecule has 0 bridgehead atoms. The molecular weight excluding hydrogens is 200 g/mol. The average molecular weight is 222 g/mol. The molecule has 0 fully saturated rings. The van der Waals surface area contributed by atoms with Gasteiger partial charge in [-0.05, 0) is 12.8 Å². The minimum atomic E-state index is -0.799. The molecule has 0 rings (SSSR count). The molecule has 0 amide bonds. The predicted molar refractivity (Wildman–Crippen MR) is 73.9 cm³/mol. The van der Waals surface area contributed by atoms with Gasteiger partial charge in [0.25, 0.3) is 0 Å². The third-order valence-electron chi connectivity index (χ3n) is 2.57. The summed E-state index contributed by atoms with van der Waals surface area (Å²) < 4.78 is 0. The third kappa shape index (κ3) is 5.19. The maximum absolute atomic E-state index is 3.94. The summed E-state index contributed by atoms with van der Waals surface area (Å²) in [4.78, 5) is 0. The Balaban J connectivity index is 4.17. The Morgan fingerprint density at radius 3 is 1.50 bits per heavy atom. The highest BCUT2D eigenvalue weighted by atomic mass is 29.2. The lowest BCUT2D eigenvalue weighted by Gasteiger charge is -2.17. The van der Waals surface area contributed by atoms with Crippen molar-refractivity contribution in [2.24, 2.45) is 0 Å². The number of hydrogen-bond acceptors (Lipinski definition) is 0. The van der Waals surface area contributed by atoms with Crippen molar-refractivity contribution in [3.8, 4) is 0 Å². The Morgan fingerprint density at radius 1 is 0.786 bits per heavy atom. The van der Waals surface area contributed by atoms with E-state index in [1.165, 1.54) is 24.9 Å². The fourth-order valence-corrected chi connectivity index (χ4v) is 10.8. The zero-order valence-corrected chi connectivity index (χ0v) is 11.4. The smallest absolute Gasteiger partial charge is 0.0733 e. The summed E-state index contributed by atoms with van der Waals surface area (Å²) in [5.74, 6) is 0. The minimum absolute atomic E-state index is 0.624. The first-order valence-electron chi connectivity index (χ1n) is 5.27. The molecule has 0 spiro atoms. The van der Waals surface area contributed by atoms with Gasteiger partial charge in [0.2, 0.25) is 0 Å². The lowest BCUT2D eigenvalue weighted by molar-refractivity contribution is 1.13. The van der Waals surface area contributed by atoms with Crippen LogP contribution in [0.25, 0.3) is 0 Å². The average Bonchev–Trinajstić information content (AvgIpc) is 2.22. The van der Waals surface area contributed by atoms with Gasteiger partial charge in [0, 0.05) is 8.31 Å². The van der Waals surface area contributed by atoms with E-state index in [-0.39, 0.29) is 0 Å². The second kappa shape index (κ2) is 8.97. The highest BCUT2D eigenvalue weighted by Gasteiger charge is 2.17. The van der Waals surface area contributed by atoms with Crippen LogP contribution < -0.4 is 0 Å². The molecule has 0 aromatic rings. The molecule has 2 heteroatoms. The maximum Gasteiger partial charge on any atom is 0.0733 e. The highest BCUT2D eigenvalue weighted by molar-refractivity contribution is 7.26. The van der Waals surface area contributed by atoms with Gasteiger partial charge in [-0.2, -0.15) is 0 Å². The van der Waals surface area contributed by atoms with E-state index in [2.05, 4.69) is 37.7 Å². The van der Waals surface area contributed by atoms with Crippen LogP contribution in [0.3, 0.4) is 0 Å². The van der Waals surface area contributed by atoms with Gasteiger partial charge in [0.1, 0.15) is 0 Å². The topological polar surface area (TPSA) is 0 Å². The Morgan fingerprint density at radius 2 is 1.21 bits per heavy atom. The van der Waals surface area contributed by atoms with Crippen LogP contribution in [0, 0.1) is 0 Å². The summed E-state index contributed by atoms with van der Waals surface area (Å²) in [6.07, 6.45) is 6.40. The highest BCUT2D eigenvalue weighted by Crippen LogP contribution is 2.11. The second-order valence-corrected chi connectivity index (χ2v) is 13.5. The van der Waals surface area contributed by atoms with E-state index in [1.54, 1.807) is 0 Å². The van der Waals surface area contributed by atoms with Gasteiger partial charge in [-0.15, -0.1) is 37.7 Å². The number of hydrogen-bond donors (Lipinski definition) is 0. The van der Waals surface area contributed by atoms with Crippen molar-refractivity contribution in [1.82, 2.24) is 0 Å². The van der Waals surface area contributed by atoms with Crippen LogP contribution in [0.2, 0.25) is 12.1 Å². The van der Waals surface area contributed by atoms with E-state index < -0.39 is 16.6 Å². The Labute approximate surface area is 91.7 Å². The molecule has 0 saturated carbocycles. The van der Waals surface area contributed by atoms with Crippen LogP contribution in [0.5, 0.6) is 0 Å². The molecule has 0 N–H and O–H groups in total. The van der Waals surface area contributed by atoms with Gasteiger partial charge in [-0.1, -0.05) is 24.2 Å². The first-order valence-corrected chi connectivity index (χ1v) is 10.9. The van der Waals surface area contributed by atoms with Crippen molar-refractivity contribution in [3.63, 3.8) is 0 Å². The van der Waals surface area contributed by atoms with E-state index in [4.69, 9.17) is 0 Å². The SMILES string of the molecule is C=CCC[SiH](CCC=C)[SiH](C=C)C=C. The summed E-state index contributed by atoms with van der Waals surface area (Å²) in [5, 5.41) is 0. The first-order chi connectivity index (χ1) is 6.79. The first kappa shape index (κ1) is 13.4. The van der Waals surface area contributed by atoms with Crippen molar-refractivity contribution >= 4 is 16.6 Å². The standard InChI is InChI=1S/C12H22Si2/c1-5-9-11-14(12-10-6-2)13(7-3)8-4/h5-8,13-14H,1-4,9-12H2. The number of rotatable bonds is 9. The minimum Gasteiger partial charge on any atom is -0.107 e. The van der Waals surface area contributed by atoms with E-state index >= 15 is 0 Å². The van der Waals surface area contributed by atoms with Crippen LogP contribution in [0.1, 0.15) is 12.8 Å². The van der Waals surface area contributed by atoms with E-state index in [0.29, 0.717) is 0 Å². The summed E-state index contributed by atoms with van der Waals surface area (Å²) in [7, 11) is -1.42. The largest absolute Gasteiger partial charge is 0.107 e. The Kier molecular flexibility index (Phi) is 8.58. The van der Waals surface area contributed by atoms with Crippen molar-refractivity contribution in [1.29, 1.82) is 0 Å². The molecule has 0 aromatic carbocycles. The summed E-state index contributed by atoms with van der Waals surface area (Å²) in [6.45, 7) is 15.5. The van der Waals surface area contributed by atoms with Gasteiger partial charge in [0.15, 0.2) is 0 Å².